The number of amides is 1. The van der Waals surface area contributed by atoms with Crippen LogP contribution >= 0.6 is 0 Å². The summed E-state index contributed by atoms with van der Waals surface area (Å²) in [7, 11) is 0. The molecular weight excluding hydrogens is 465 g/mol. The zero-order chi connectivity index (χ0) is 24.8. The van der Waals surface area contributed by atoms with Crippen molar-refractivity contribution in [2.24, 2.45) is 0 Å². The topological polar surface area (TPSA) is 94.4 Å². The molecular formula is C23H27F3N6O3. The van der Waals surface area contributed by atoms with E-state index >= 15 is 0 Å². The normalized spacial score (nSPS) is 14.9. The van der Waals surface area contributed by atoms with E-state index in [-0.39, 0.29) is 18.2 Å². The maximum absolute atomic E-state index is 12.5. The van der Waals surface area contributed by atoms with Crippen LogP contribution in [0.15, 0.2) is 30.7 Å². The fourth-order valence-electron chi connectivity index (χ4n) is 3.86. The first-order valence-electron chi connectivity index (χ1n) is 11.3. The van der Waals surface area contributed by atoms with E-state index in [4.69, 9.17) is 9.47 Å². The maximum Gasteiger partial charge on any atom is 0.422 e. The van der Waals surface area contributed by atoms with Crippen molar-refractivity contribution in [1.29, 1.82) is 0 Å². The van der Waals surface area contributed by atoms with Crippen LogP contribution in [-0.2, 0) is 22.5 Å². The summed E-state index contributed by atoms with van der Waals surface area (Å²) in [6.07, 6.45) is 0.605. The highest BCUT2D eigenvalue weighted by Crippen LogP contribution is 2.21. The fourth-order valence-corrected chi connectivity index (χ4v) is 3.86. The Morgan fingerprint density at radius 1 is 1.26 bits per heavy atom. The van der Waals surface area contributed by atoms with Gasteiger partial charge in [-0.3, -0.25) is 19.4 Å². The first kappa shape index (κ1) is 24.9. The van der Waals surface area contributed by atoms with Crippen LogP contribution in [0.4, 0.5) is 13.2 Å². The monoisotopic (exact) mass is 492 g/mol. The molecule has 9 nitrogen and oxygen atoms in total. The molecule has 0 unspecified atom stereocenters. The van der Waals surface area contributed by atoms with E-state index in [2.05, 4.69) is 25.3 Å². The van der Waals surface area contributed by atoms with Crippen LogP contribution in [0.25, 0.3) is 10.9 Å². The number of carbonyl (C=O) groups excluding carboxylic acids is 1. The van der Waals surface area contributed by atoms with Crippen molar-refractivity contribution in [3.63, 3.8) is 0 Å². The van der Waals surface area contributed by atoms with Gasteiger partial charge in [0.2, 0.25) is 11.8 Å². The summed E-state index contributed by atoms with van der Waals surface area (Å²) in [4.78, 5) is 23.1. The molecule has 0 aromatic carbocycles. The molecule has 0 spiro atoms. The van der Waals surface area contributed by atoms with Gasteiger partial charge in [0.05, 0.1) is 37.4 Å². The molecule has 3 aromatic heterocycles. The van der Waals surface area contributed by atoms with Crippen LogP contribution in [-0.4, -0.2) is 82.7 Å². The lowest BCUT2D eigenvalue weighted by molar-refractivity contribution is -0.154. The van der Waals surface area contributed by atoms with Crippen molar-refractivity contribution < 1.29 is 27.4 Å². The van der Waals surface area contributed by atoms with Crippen LogP contribution in [0, 0.1) is 6.92 Å². The molecule has 1 N–H and O–H groups in total. The number of morpholine rings is 1. The molecule has 4 rings (SSSR count). The smallest absolute Gasteiger partial charge is 0.422 e. The Morgan fingerprint density at radius 2 is 2.06 bits per heavy atom. The molecule has 4 heterocycles. The third-order valence-electron chi connectivity index (χ3n) is 5.55. The zero-order valence-electron chi connectivity index (χ0n) is 19.3. The maximum atomic E-state index is 12.5. The Balaban J connectivity index is 1.36. The van der Waals surface area contributed by atoms with E-state index in [9.17, 15) is 18.0 Å². The minimum atomic E-state index is -4.42. The van der Waals surface area contributed by atoms with Gasteiger partial charge >= 0.3 is 6.18 Å². The lowest BCUT2D eigenvalue weighted by Gasteiger charge is -2.26. The van der Waals surface area contributed by atoms with Crippen molar-refractivity contribution in [2.45, 2.75) is 26.1 Å². The number of hydrogen-bond donors (Lipinski definition) is 1. The number of hydrogen-bond acceptors (Lipinski definition) is 7. The average Bonchev–Trinajstić information content (AvgIpc) is 3.22. The second-order valence-corrected chi connectivity index (χ2v) is 8.37. The number of carbonyl (C=O) groups is 1. The highest BCUT2D eigenvalue weighted by atomic mass is 19.4. The largest absolute Gasteiger partial charge is 0.468 e. The van der Waals surface area contributed by atoms with E-state index in [0.717, 1.165) is 43.8 Å². The number of aryl methyl sites for hydroxylation is 1. The lowest BCUT2D eigenvalue weighted by atomic mass is 10.2. The number of fused-ring (bicyclic) bond motifs is 1. The van der Waals surface area contributed by atoms with Crippen LogP contribution in [0.2, 0.25) is 0 Å². The Kier molecular flexibility index (Phi) is 7.81. The number of alkyl halides is 3. The molecule has 3 aromatic rings. The van der Waals surface area contributed by atoms with Crippen molar-refractivity contribution in [1.82, 2.24) is 30.0 Å². The van der Waals surface area contributed by atoms with E-state index in [1.165, 1.54) is 6.20 Å². The SMILES string of the molecule is Cc1cc(Cn2cc3c(CC(=O)NCCN4CCOCC4)nccc3n2)cnc1OCC(F)(F)F. The molecule has 0 aliphatic carbocycles. The highest BCUT2D eigenvalue weighted by molar-refractivity contribution is 5.86. The molecule has 1 aliphatic rings. The number of nitrogens with zero attached hydrogens (tertiary/aromatic N) is 5. The first-order valence-corrected chi connectivity index (χ1v) is 11.3. The number of aromatic nitrogens is 4. The summed E-state index contributed by atoms with van der Waals surface area (Å²) in [6, 6.07) is 3.48. The van der Waals surface area contributed by atoms with E-state index in [0.29, 0.717) is 29.9 Å². The van der Waals surface area contributed by atoms with Gasteiger partial charge in [0.15, 0.2) is 6.61 Å². The molecule has 0 bridgehead atoms. The zero-order valence-corrected chi connectivity index (χ0v) is 19.3. The summed E-state index contributed by atoms with van der Waals surface area (Å²) in [5, 5.41) is 8.25. The van der Waals surface area contributed by atoms with Gasteiger partial charge in [-0.25, -0.2) is 4.98 Å². The average molecular weight is 493 g/mol. The van der Waals surface area contributed by atoms with Crippen molar-refractivity contribution in [3.05, 3.63) is 47.5 Å². The third kappa shape index (κ3) is 7.12. The summed E-state index contributed by atoms with van der Waals surface area (Å²) in [5.41, 5.74) is 2.58. The summed E-state index contributed by atoms with van der Waals surface area (Å²) in [6.45, 7) is 5.12. The molecule has 0 saturated carbocycles. The Hall–Kier alpha value is -3.25. The van der Waals surface area contributed by atoms with Gasteiger partial charge in [0, 0.05) is 55.7 Å². The summed E-state index contributed by atoms with van der Waals surface area (Å²) in [5.74, 6) is -0.164. The molecule has 1 aliphatic heterocycles. The molecule has 12 heteroatoms. The quantitative estimate of drug-likeness (QED) is 0.489. The molecule has 1 fully saturated rings. The molecule has 1 saturated heterocycles. The number of rotatable bonds is 9. The molecule has 0 radical (unpaired) electrons. The van der Waals surface area contributed by atoms with Gasteiger partial charge in [-0.1, -0.05) is 0 Å². The number of ether oxygens (including phenoxy) is 2. The summed E-state index contributed by atoms with van der Waals surface area (Å²) < 4.78 is 48.9. The van der Waals surface area contributed by atoms with Crippen LogP contribution in [0.5, 0.6) is 5.88 Å². The second kappa shape index (κ2) is 11.0. The number of pyridine rings is 2. The van der Waals surface area contributed by atoms with Crippen LogP contribution < -0.4 is 10.1 Å². The van der Waals surface area contributed by atoms with E-state index in [1.807, 2.05) is 6.20 Å². The van der Waals surface area contributed by atoms with Crippen molar-refractivity contribution in [3.8, 4) is 5.88 Å². The minimum Gasteiger partial charge on any atom is -0.468 e. The molecule has 35 heavy (non-hydrogen) atoms. The van der Waals surface area contributed by atoms with Crippen LogP contribution in [0.3, 0.4) is 0 Å². The van der Waals surface area contributed by atoms with E-state index in [1.54, 1.807) is 29.9 Å². The predicted octanol–water partition coefficient (Wildman–Crippen LogP) is 2.12. The van der Waals surface area contributed by atoms with Gasteiger partial charge in [-0.2, -0.15) is 18.3 Å². The lowest BCUT2D eigenvalue weighted by Crippen LogP contribution is -2.41. The van der Waals surface area contributed by atoms with Gasteiger partial charge in [-0.15, -0.1) is 0 Å². The van der Waals surface area contributed by atoms with Crippen LogP contribution in [0.1, 0.15) is 16.8 Å². The standard InChI is InChI=1S/C23H27F3N6O3/c1-16-10-17(12-29-22(16)35-15-23(24,25)26)13-32-14-18-19(30-32)2-3-27-20(18)11-21(33)28-4-5-31-6-8-34-9-7-31/h2-3,10,12,14H,4-9,11,13,15H2,1H3,(H,28,33). The van der Waals surface area contributed by atoms with Gasteiger partial charge < -0.3 is 14.8 Å². The first-order chi connectivity index (χ1) is 16.8. The molecule has 0 atom stereocenters. The molecule has 188 valence electrons. The predicted molar refractivity (Wildman–Crippen MR) is 121 cm³/mol. The number of nitrogens with one attached hydrogen (secondary N) is 1. The van der Waals surface area contributed by atoms with Gasteiger partial charge in [-0.05, 0) is 24.6 Å². The Bertz CT molecular complexity index is 1160. The van der Waals surface area contributed by atoms with Crippen molar-refractivity contribution in [2.75, 3.05) is 46.0 Å². The van der Waals surface area contributed by atoms with E-state index < -0.39 is 12.8 Å². The molecule has 1 amide bonds. The fraction of sp³-hybridized carbons (Fsp3) is 0.478. The summed E-state index contributed by atoms with van der Waals surface area (Å²) >= 11 is 0. The Morgan fingerprint density at radius 3 is 2.80 bits per heavy atom. The second-order valence-electron chi connectivity index (χ2n) is 8.37. The van der Waals surface area contributed by atoms with Gasteiger partial charge in [0.1, 0.15) is 0 Å². The minimum absolute atomic E-state index is 0.0529. The Labute approximate surface area is 200 Å². The van der Waals surface area contributed by atoms with Gasteiger partial charge in [0.25, 0.3) is 0 Å². The third-order valence-corrected chi connectivity index (χ3v) is 5.55. The van der Waals surface area contributed by atoms with Crippen molar-refractivity contribution >= 4 is 16.8 Å². The highest BCUT2D eigenvalue weighted by Gasteiger charge is 2.29. The number of halogens is 3.